The van der Waals surface area contributed by atoms with Gasteiger partial charge in [0.05, 0.1) is 0 Å². The largest absolute Gasteiger partial charge is 0.326 e. The quantitative estimate of drug-likeness (QED) is 0.568. The first-order chi connectivity index (χ1) is 15.8. The molecule has 0 unspecified atom stereocenters. The first-order valence-electron chi connectivity index (χ1n) is 10.8. The Morgan fingerprint density at radius 3 is 2.52 bits per heavy atom. The topological polar surface area (TPSA) is 104 Å². The van der Waals surface area contributed by atoms with Crippen molar-refractivity contribution in [3.8, 4) is 0 Å². The van der Waals surface area contributed by atoms with Crippen molar-refractivity contribution < 1.29 is 14.4 Å². The van der Waals surface area contributed by atoms with Crippen LogP contribution in [0, 0.1) is 13.8 Å². The monoisotopic (exact) mass is 463 g/mol. The number of carbonyl (C=O) groups excluding carboxylic acids is 3. The summed E-state index contributed by atoms with van der Waals surface area (Å²) >= 11 is 1.28. The third-order valence-corrected chi connectivity index (χ3v) is 6.69. The molecule has 1 fully saturated rings. The second-order valence-electron chi connectivity index (χ2n) is 8.05. The van der Waals surface area contributed by atoms with E-state index in [1.54, 1.807) is 36.1 Å². The van der Waals surface area contributed by atoms with E-state index in [9.17, 15) is 14.4 Å². The summed E-state index contributed by atoms with van der Waals surface area (Å²) in [6.45, 7) is 6.39. The van der Waals surface area contributed by atoms with E-state index in [4.69, 9.17) is 0 Å². The van der Waals surface area contributed by atoms with Gasteiger partial charge in [-0.25, -0.2) is 0 Å². The molecule has 0 bridgehead atoms. The molecular formula is C24H25N5O3S. The Morgan fingerprint density at radius 1 is 1.06 bits per heavy atom. The summed E-state index contributed by atoms with van der Waals surface area (Å²) in [5.41, 5.74) is 4.30. The van der Waals surface area contributed by atoms with Crippen LogP contribution in [0.2, 0.25) is 0 Å². The first-order valence-corrected chi connectivity index (χ1v) is 11.6. The van der Waals surface area contributed by atoms with E-state index >= 15 is 0 Å². The number of amides is 3. The van der Waals surface area contributed by atoms with Crippen molar-refractivity contribution in [2.24, 2.45) is 0 Å². The molecule has 0 saturated carbocycles. The number of aromatic nitrogens is 2. The SMILES string of the molecule is CCC(=O)Nc1ccc(C(=O)Nc2nnc([C@H]3CC(=O)N(c4ccc(C)c(C)c4)C3)s2)cc1. The lowest BCUT2D eigenvalue weighted by molar-refractivity contribution is -0.117. The molecule has 2 heterocycles. The average molecular weight is 464 g/mol. The molecule has 1 atom stereocenters. The second kappa shape index (κ2) is 9.50. The van der Waals surface area contributed by atoms with Crippen LogP contribution < -0.4 is 15.5 Å². The summed E-state index contributed by atoms with van der Waals surface area (Å²) in [6.07, 6.45) is 0.747. The Balaban J connectivity index is 1.39. The number of nitrogens with zero attached hydrogens (tertiary/aromatic N) is 3. The molecule has 1 saturated heterocycles. The number of carbonyl (C=O) groups is 3. The van der Waals surface area contributed by atoms with Gasteiger partial charge in [0.1, 0.15) is 5.01 Å². The molecule has 1 aromatic heterocycles. The summed E-state index contributed by atoms with van der Waals surface area (Å²) in [7, 11) is 0. The molecular weight excluding hydrogens is 438 g/mol. The molecule has 0 aliphatic carbocycles. The van der Waals surface area contributed by atoms with Gasteiger partial charge in [-0.05, 0) is 61.4 Å². The van der Waals surface area contributed by atoms with Crippen molar-refractivity contribution in [3.05, 3.63) is 64.2 Å². The Kier molecular flexibility index (Phi) is 6.50. The van der Waals surface area contributed by atoms with E-state index in [-0.39, 0.29) is 23.6 Å². The fraction of sp³-hybridized carbons (Fsp3) is 0.292. The van der Waals surface area contributed by atoms with Crippen LogP contribution in [-0.4, -0.2) is 34.5 Å². The summed E-state index contributed by atoms with van der Waals surface area (Å²) in [5.74, 6) is -0.414. The Hall–Kier alpha value is -3.59. The molecule has 3 aromatic rings. The van der Waals surface area contributed by atoms with Crippen LogP contribution in [0.1, 0.15) is 52.2 Å². The van der Waals surface area contributed by atoms with E-state index in [0.29, 0.717) is 35.8 Å². The van der Waals surface area contributed by atoms with Crippen LogP contribution in [0.4, 0.5) is 16.5 Å². The molecule has 0 radical (unpaired) electrons. The number of nitrogens with one attached hydrogen (secondary N) is 2. The maximum absolute atomic E-state index is 12.6. The van der Waals surface area contributed by atoms with Gasteiger partial charge in [0, 0.05) is 42.2 Å². The van der Waals surface area contributed by atoms with E-state index in [2.05, 4.69) is 20.8 Å². The lowest BCUT2D eigenvalue weighted by atomic mass is 10.1. The number of anilines is 3. The molecule has 1 aliphatic rings. The molecule has 2 N–H and O–H groups in total. The van der Waals surface area contributed by atoms with Crippen LogP contribution in [-0.2, 0) is 9.59 Å². The molecule has 33 heavy (non-hydrogen) atoms. The highest BCUT2D eigenvalue weighted by molar-refractivity contribution is 7.15. The summed E-state index contributed by atoms with van der Waals surface area (Å²) < 4.78 is 0. The van der Waals surface area contributed by atoms with Gasteiger partial charge in [0.25, 0.3) is 5.91 Å². The predicted octanol–water partition coefficient (Wildman–Crippen LogP) is 4.28. The maximum atomic E-state index is 12.6. The molecule has 3 amide bonds. The predicted molar refractivity (Wildman–Crippen MR) is 129 cm³/mol. The number of hydrogen-bond acceptors (Lipinski definition) is 6. The number of benzene rings is 2. The number of hydrogen-bond donors (Lipinski definition) is 2. The summed E-state index contributed by atoms with van der Waals surface area (Å²) in [6, 6.07) is 12.7. The molecule has 2 aromatic carbocycles. The van der Waals surface area contributed by atoms with Crippen molar-refractivity contribution in [3.63, 3.8) is 0 Å². The third-order valence-electron chi connectivity index (χ3n) is 5.69. The van der Waals surface area contributed by atoms with Gasteiger partial charge in [-0.2, -0.15) is 0 Å². The lowest BCUT2D eigenvalue weighted by Gasteiger charge is -2.17. The Bertz CT molecular complexity index is 1210. The molecule has 1 aliphatic heterocycles. The van der Waals surface area contributed by atoms with Crippen molar-refractivity contribution in [2.75, 3.05) is 22.1 Å². The summed E-state index contributed by atoms with van der Waals surface area (Å²) in [5, 5.41) is 14.9. The molecule has 8 nitrogen and oxygen atoms in total. The van der Waals surface area contributed by atoms with Crippen molar-refractivity contribution in [1.82, 2.24) is 10.2 Å². The smallest absolute Gasteiger partial charge is 0.257 e. The fourth-order valence-electron chi connectivity index (χ4n) is 3.59. The van der Waals surface area contributed by atoms with Gasteiger partial charge >= 0.3 is 0 Å². The zero-order valence-electron chi connectivity index (χ0n) is 18.7. The van der Waals surface area contributed by atoms with Crippen LogP contribution in [0.15, 0.2) is 42.5 Å². The second-order valence-corrected chi connectivity index (χ2v) is 9.06. The first kappa shape index (κ1) is 22.6. The zero-order valence-corrected chi connectivity index (χ0v) is 19.5. The molecule has 9 heteroatoms. The molecule has 0 spiro atoms. The van der Waals surface area contributed by atoms with Gasteiger partial charge in [-0.1, -0.05) is 24.3 Å². The van der Waals surface area contributed by atoms with E-state index < -0.39 is 0 Å². The lowest BCUT2D eigenvalue weighted by Crippen LogP contribution is -2.24. The minimum atomic E-state index is -0.315. The normalized spacial score (nSPS) is 15.5. The number of aryl methyl sites for hydroxylation is 2. The third kappa shape index (κ3) is 5.09. The van der Waals surface area contributed by atoms with Crippen LogP contribution in [0.25, 0.3) is 0 Å². The zero-order chi connectivity index (χ0) is 23.5. The minimum Gasteiger partial charge on any atom is -0.326 e. The summed E-state index contributed by atoms with van der Waals surface area (Å²) in [4.78, 5) is 38.4. The van der Waals surface area contributed by atoms with E-state index in [0.717, 1.165) is 16.3 Å². The van der Waals surface area contributed by atoms with Gasteiger partial charge in [0.2, 0.25) is 16.9 Å². The molecule has 170 valence electrons. The number of rotatable bonds is 6. The van der Waals surface area contributed by atoms with Gasteiger partial charge in [0.15, 0.2) is 0 Å². The van der Waals surface area contributed by atoms with Crippen LogP contribution in [0.5, 0.6) is 0 Å². The minimum absolute atomic E-state index is 0.0549. The van der Waals surface area contributed by atoms with Crippen LogP contribution in [0.3, 0.4) is 0 Å². The van der Waals surface area contributed by atoms with E-state index in [1.165, 1.54) is 16.9 Å². The standard InChI is InChI=1S/C24H25N5O3S/c1-4-20(30)25-18-8-6-16(7-9-18)22(32)26-24-28-27-23(33-24)17-12-21(31)29(13-17)19-10-5-14(2)15(3)11-19/h5-11,17H,4,12-13H2,1-3H3,(H,25,30)(H,26,28,32)/t17-/m0/s1. The van der Waals surface area contributed by atoms with Gasteiger partial charge in [-0.15, -0.1) is 10.2 Å². The highest BCUT2D eigenvalue weighted by Crippen LogP contribution is 2.34. The van der Waals surface area contributed by atoms with Crippen molar-refractivity contribution in [2.45, 2.75) is 39.5 Å². The highest BCUT2D eigenvalue weighted by Gasteiger charge is 2.34. The van der Waals surface area contributed by atoms with Gasteiger partial charge < -0.3 is 10.2 Å². The average Bonchev–Trinajstić information content (AvgIpc) is 3.42. The van der Waals surface area contributed by atoms with Crippen LogP contribution >= 0.6 is 11.3 Å². The maximum Gasteiger partial charge on any atom is 0.257 e. The Labute approximate surface area is 196 Å². The van der Waals surface area contributed by atoms with Gasteiger partial charge in [-0.3, -0.25) is 19.7 Å². The Morgan fingerprint density at radius 2 is 1.82 bits per heavy atom. The van der Waals surface area contributed by atoms with Crippen molar-refractivity contribution in [1.29, 1.82) is 0 Å². The molecule has 4 rings (SSSR count). The highest BCUT2D eigenvalue weighted by atomic mass is 32.1. The van der Waals surface area contributed by atoms with Crippen molar-refractivity contribution >= 4 is 45.6 Å². The fourth-order valence-corrected chi connectivity index (χ4v) is 4.42. The van der Waals surface area contributed by atoms with E-state index in [1.807, 2.05) is 32.0 Å².